The molecule has 0 aliphatic carbocycles. The summed E-state index contributed by atoms with van der Waals surface area (Å²) in [5, 5.41) is 21.8. The number of aliphatic imine (C=N–C) groups is 1. The van der Waals surface area contributed by atoms with Crippen LogP contribution in [0.1, 0.15) is 24.0 Å². The molecule has 2 aliphatic rings. The van der Waals surface area contributed by atoms with E-state index < -0.39 is 61.3 Å². The van der Waals surface area contributed by atoms with Crippen molar-refractivity contribution < 1.29 is 49.4 Å². The summed E-state index contributed by atoms with van der Waals surface area (Å²) in [5.74, 6) is 2.75. The fourth-order valence-electron chi connectivity index (χ4n) is 10.4. The van der Waals surface area contributed by atoms with Gasteiger partial charge in [-0.15, -0.1) is 0 Å². The van der Waals surface area contributed by atoms with Crippen LogP contribution in [0.3, 0.4) is 0 Å². The molecule has 0 saturated carbocycles. The number of hydrogen-bond donors (Lipinski definition) is 6. The molecular weight excluding hydrogens is 1080 g/mol. The van der Waals surface area contributed by atoms with E-state index in [4.69, 9.17) is 23.9 Å². The number of anilines is 2. The van der Waals surface area contributed by atoms with Crippen LogP contribution in [0.5, 0.6) is 23.0 Å². The Balaban J connectivity index is 0.792. The zero-order chi connectivity index (χ0) is 56.6. The van der Waals surface area contributed by atoms with E-state index in [2.05, 4.69) is 21.3 Å². The van der Waals surface area contributed by atoms with Gasteiger partial charge in [0.2, 0.25) is 6.23 Å². The number of nitrogens with one attached hydrogen (secondary N) is 4. The largest absolute Gasteiger partial charge is 0.455 e. The maximum atomic E-state index is 13.2. The number of rotatable bonds is 15. The van der Waals surface area contributed by atoms with Gasteiger partial charge in [-0.3, -0.25) is 9.11 Å². The van der Waals surface area contributed by atoms with E-state index in [0.717, 1.165) is 43.1 Å². The first-order valence-corrected chi connectivity index (χ1v) is 29.4. The molecule has 0 radical (unpaired) electrons. The minimum atomic E-state index is -4.87. The molecule has 18 heteroatoms. The van der Waals surface area contributed by atoms with Crippen LogP contribution in [0, 0.1) is 0 Å². The third-order valence-electron chi connectivity index (χ3n) is 14.7. The SMILES string of the molecule is C[N+]1(C)C(Oc2ccc3ccccc3c2)CC(Nc2ccc(/C=C\c3ccc(NC4CC(Oc5ccc6ccccc6c5)=NC(Oc5ccc6ccccc6c5)N4)cc3S(=O)(=O)O)c(S(=O)(=O)O)c2)NC1Oc1ccc2ccccc2c1. The number of benzene rings is 10. The number of hydrogen-bond acceptors (Lipinski definition) is 13. The molecule has 0 aromatic heterocycles. The fourth-order valence-corrected chi connectivity index (χ4v) is 11.8. The Morgan fingerprint density at radius 3 is 1.38 bits per heavy atom. The van der Waals surface area contributed by atoms with Gasteiger partial charge in [-0.25, -0.2) is 15.1 Å². The number of quaternary nitrogens is 1. The lowest BCUT2D eigenvalue weighted by Gasteiger charge is -2.48. The summed E-state index contributed by atoms with van der Waals surface area (Å²) in [4.78, 5) is 3.84. The van der Waals surface area contributed by atoms with Gasteiger partial charge in [0.25, 0.3) is 32.9 Å². The molecule has 1 fully saturated rings. The Morgan fingerprint density at radius 1 is 0.488 bits per heavy atom. The maximum absolute atomic E-state index is 13.2. The molecule has 82 heavy (non-hydrogen) atoms. The van der Waals surface area contributed by atoms with Crippen molar-refractivity contribution in [3.05, 3.63) is 217 Å². The lowest BCUT2D eigenvalue weighted by molar-refractivity contribution is -0.980. The van der Waals surface area contributed by atoms with Gasteiger partial charge in [-0.05, 0) is 127 Å². The normalized spacial score (nSPS) is 19.2. The third-order valence-corrected chi connectivity index (χ3v) is 16.5. The van der Waals surface area contributed by atoms with Crippen LogP contribution in [0.15, 0.2) is 221 Å². The summed E-state index contributed by atoms with van der Waals surface area (Å²) in [7, 11) is -5.72. The highest BCUT2D eigenvalue weighted by molar-refractivity contribution is 7.86. The van der Waals surface area contributed by atoms with E-state index in [1.54, 1.807) is 12.1 Å². The minimum Gasteiger partial charge on any atom is -0.455 e. The monoisotopic (exact) mass is 1130 g/mol. The molecule has 10 aromatic carbocycles. The number of fused-ring (bicyclic) bond motifs is 4. The van der Waals surface area contributed by atoms with Crippen LogP contribution >= 0.6 is 0 Å². The van der Waals surface area contributed by atoms with E-state index in [0.29, 0.717) is 46.7 Å². The first-order chi connectivity index (χ1) is 39.5. The topological polar surface area (TPSA) is 206 Å². The predicted molar refractivity (Wildman–Crippen MR) is 321 cm³/mol. The first-order valence-electron chi connectivity index (χ1n) is 26.5. The summed E-state index contributed by atoms with van der Waals surface area (Å²) in [5.41, 5.74) is 0.730. The molecular formula is C64H57N6O10S2+. The van der Waals surface area contributed by atoms with Crippen molar-refractivity contribution >= 4 is 92.8 Å². The van der Waals surface area contributed by atoms with Gasteiger partial charge in [0.1, 0.15) is 32.8 Å². The Labute approximate surface area is 474 Å². The van der Waals surface area contributed by atoms with Crippen LogP contribution in [-0.2, 0) is 20.2 Å². The predicted octanol–water partition coefficient (Wildman–Crippen LogP) is 12.1. The summed E-state index contributed by atoms with van der Waals surface area (Å²) in [6.45, 7) is 0. The Bertz CT molecular complexity index is 4270. The van der Waals surface area contributed by atoms with E-state index >= 15 is 0 Å². The lowest BCUT2D eigenvalue weighted by Crippen LogP contribution is -2.72. The quantitative estimate of drug-likeness (QED) is 0.0321. The molecule has 5 atom stereocenters. The van der Waals surface area contributed by atoms with Crippen molar-refractivity contribution in [2.24, 2.45) is 4.99 Å². The van der Waals surface area contributed by atoms with Crippen molar-refractivity contribution in [2.75, 3.05) is 24.7 Å². The van der Waals surface area contributed by atoms with Crippen molar-refractivity contribution in [3.8, 4) is 23.0 Å². The van der Waals surface area contributed by atoms with Crippen LogP contribution < -0.4 is 40.2 Å². The third kappa shape index (κ3) is 12.1. The summed E-state index contributed by atoms with van der Waals surface area (Å²) < 4.78 is 100. The van der Waals surface area contributed by atoms with Crippen molar-refractivity contribution in [1.82, 2.24) is 10.6 Å². The van der Waals surface area contributed by atoms with Crippen LogP contribution in [0.25, 0.3) is 55.2 Å². The first kappa shape index (κ1) is 53.8. The average molecular weight is 1130 g/mol. The molecule has 5 unspecified atom stereocenters. The van der Waals surface area contributed by atoms with Gasteiger partial charge in [0.15, 0.2) is 5.90 Å². The molecule has 16 nitrogen and oxygen atoms in total. The van der Waals surface area contributed by atoms with Crippen LogP contribution in [0.2, 0.25) is 0 Å². The fraction of sp³-hybridized carbons (Fsp3) is 0.141. The molecule has 0 bridgehead atoms. The Morgan fingerprint density at radius 2 is 0.902 bits per heavy atom. The molecule has 10 aromatic rings. The minimum absolute atomic E-state index is 0.0367. The molecule has 414 valence electrons. The highest BCUT2D eigenvalue weighted by atomic mass is 32.2. The zero-order valence-corrected chi connectivity index (χ0v) is 46.1. The molecule has 6 N–H and O–H groups in total. The van der Waals surface area contributed by atoms with Crippen molar-refractivity contribution in [1.29, 1.82) is 0 Å². The van der Waals surface area contributed by atoms with Gasteiger partial charge < -0.3 is 29.6 Å². The number of nitrogens with zero attached hydrogens (tertiary/aromatic N) is 2. The highest BCUT2D eigenvalue weighted by Crippen LogP contribution is 2.34. The Hall–Kier alpha value is -8.85. The molecule has 2 heterocycles. The maximum Gasteiger partial charge on any atom is 0.298 e. The standard InChI is InChI=1S/C64H56N6O10S2/c1-70(2)62(78-54-30-24-42-12-4-8-16-48(42)34-54)40-60(68-64(70)80-56-32-26-44-14-6-10-18-50(44)36-56)66-52-28-22-46(58(38-52)82(74,75)76)20-19-45-21-27-51(37-57(45)81(71,72)73)65-59-39-61(77-53-29-23-41-11-3-7-15-47(41)33-53)69-63(67-59)79-55-31-25-43-13-5-9-17-49(43)35-55/h3-38,59-60,62-68H,39-40H2,1-2H3,(H-,71,72,73,74,75,76)/p+1/b20-19-. The lowest BCUT2D eigenvalue weighted by atomic mass is 10.1. The van der Waals surface area contributed by atoms with Gasteiger partial charge in [0, 0.05) is 11.4 Å². The summed E-state index contributed by atoms with van der Waals surface area (Å²) in [6, 6.07) is 63.9. The van der Waals surface area contributed by atoms with Gasteiger partial charge in [-0.2, -0.15) is 21.8 Å². The molecule has 0 spiro atoms. The second-order valence-electron chi connectivity index (χ2n) is 20.8. The molecule has 0 amide bonds. The Kier molecular flexibility index (Phi) is 14.6. The second kappa shape index (κ2) is 22.2. The van der Waals surface area contributed by atoms with Gasteiger partial charge >= 0.3 is 0 Å². The van der Waals surface area contributed by atoms with Gasteiger partial charge in [0.05, 0.1) is 39.3 Å². The van der Waals surface area contributed by atoms with E-state index in [-0.39, 0.29) is 22.0 Å². The van der Waals surface area contributed by atoms with Gasteiger partial charge in [-0.1, -0.05) is 146 Å². The molecule has 1 saturated heterocycles. The van der Waals surface area contributed by atoms with E-state index in [1.807, 2.05) is 184 Å². The zero-order valence-electron chi connectivity index (χ0n) is 44.5. The molecule has 2 aliphatic heterocycles. The highest BCUT2D eigenvalue weighted by Gasteiger charge is 2.47. The van der Waals surface area contributed by atoms with Crippen LogP contribution in [0.4, 0.5) is 11.4 Å². The summed E-state index contributed by atoms with van der Waals surface area (Å²) in [6.07, 6.45) is 0.0144. The molecule has 12 rings (SSSR count). The van der Waals surface area contributed by atoms with Crippen molar-refractivity contribution in [3.63, 3.8) is 0 Å². The average Bonchev–Trinajstić information content (AvgIpc) is 3.59. The summed E-state index contributed by atoms with van der Waals surface area (Å²) >= 11 is 0. The van der Waals surface area contributed by atoms with E-state index in [9.17, 15) is 25.9 Å². The second-order valence-corrected chi connectivity index (χ2v) is 23.5. The smallest absolute Gasteiger partial charge is 0.298 e. The van der Waals surface area contributed by atoms with E-state index in [1.165, 1.54) is 36.4 Å². The van der Waals surface area contributed by atoms with Crippen LogP contribution in [-0.4, -0.2) is 81.7 Å². The number of ether oxygens (including phenoxy) is 4. The van der Waals surface area contributed by atoms with Crippen molar-refractivity contribution in [2.45, 2.75) is 53.9 Å².